The number of rotatable bonds is 5. The Morgan fingerprint density at radius 2 is 1.93 bits per heavy atom. The third-order valence-corrected chi connectivity index (χ3v) is 7.63. The predicted octanol–water partition coefficient (Wildman–Crippen LogP) is 4.23. The number of aromatic nitrogens is 1. The summed E-state index contributed by atoms with van der Waals surface area (Å²) in [4.78, 5) is 4.96. The molecule has 1 aromatic heterocycles. The summed E-state index contributed by atoms with van der Waals surface area (Å²) in [5.74, 6) is -1.13. The second-order valence-corrected chi connectivity index (χ2v) is 9.50. The molecule has 29 heavy (non-hydrogen) atoms. The number of halogens is 2. The first-order chi connectivity index (χ1) is 13.9. The number of hydrogen-bond donors (Lipinski definition) is 0. The van der Waals surface area contributed by atoms with Crippen LogP contribution in [0.4, 0.5) is 8.78 Å². The lowest BCUT2D eigenvalue weighted by atomic mass is 10.2. The maximum Gasteiger partial charge on any atom is 0.246 e. The lowest BCUT2D eigenvalue weighted by Gasteiger charge is -2.25. The second-order valence-electron chi connectivity index (χ2n) is 6.51. The Balaban J connectivity index is 1.59. The smallest absolute Gasteiger partial charge is 0.246 e. The van der Waals surface area contributed by atoms with Crippen LogP contribution < -0.4 is 4.74 Å². The molecule has 5 nitrogen and oxygen atoms in total. The largest absolute Gasteiger partial charge is 0.494 e. The zero-order valence-electron chi connectivity index (χ0n) is 15.6. The Bertz CT molecular complexity index is 1150. The molecule has 0 radical (unpaired) electrons. The van der Waals surface area contributed by atoms with Crippen LogP contribution in [0.25, 0.3) is 10.6 Å². The quantitative estimate of drug-likeness (QED) is 0.601. The van der Waals surface area contributed by atoms with Crippen molar-refractivity contribution in [1.29, 1.82) is 0 Å². The van der Waals surface area contributed by atoms with Gasteiger partial charge in [-0.15, -0.1) is 11.3 Å². The third kappa shape index (κ3) is 3.90. The van der Waals surface area contributed by atoms with Crippen molar-refractivity contribution >= 4 is 21.4 Å². The van der Waals surface area contributed by atoms with E-state index in [1.54, 1.807) is 0 Å². The van der Waals surface area contributed by atoms with Crippen molar-refractivity contribution in [2.75, 3.05) is 13.2 Å². The summed E-state index contributed by atoms with van der Waals surface area (Å²) in [5.41, 5.74) is 1.77. The zero-order valence-corrected chi connectivity index (χ0v) is 17.2. The highest BCUT2D eigenvalue weighted by Gasteiger charge is 2.32. The Morgan fingerprint density at radius 1 is 1.17 bits per heavy atom. The summed E-state index contributed by atoms with van der Waals surface area (Å²) in [6, 6.07) is 10.1. The minimum Gasteiger partial charge on any atom is -0.494 e. The van der Waals surface area contributed by atoms with Gasteiger partial charge in [0.25, 0.3) is 0 Å². The van der Waals surface area contributed by atoms with Crippen molar-refractivity contribution in [3.05, 3.63) is 64.7 Å². The number of thiazole rings is 1. The van der Waals surface area contributed by atoms with Gasteiger partial charge in [0.15, 0.2) is 0 Å². The Hall–Kier alpha value is -2.36. The third-order valence-electron chi connectivity index (χ3n) is 4.62. The molecule has 0 fully saturated rings. The number of sulfonamides is 1. The molecule has 0 saturated carbocycles. The molecule has 0 atom stereocenters. The first kappa shape index (κ1) is 19.9. The fraction of sp³-hybridized carbons (Fsp3) is 0.250. The van der Waals surface area contributed by atoms with Gasteiger partial charge in [0.1, 0.15) is 27.3 Å². The highest BCUT2D eigenvalue weighted by molar-refractivity contribution is 7.89. The fourth-order valence-electron chi connectivity index (χ4n) is 3.18. The average Bonchev–Trinajstić information content (AvgIpc) is 3.12. The van der Waals surface area contributed by atoms with E-state index in [9.17, 15) is 17.2 Å². The maximum atomic E-state index is 14.0. The van der Waals surface area contributed by atoms with E-state index >= 15 is 0 Å². The van der Waals surface area contributed by atoms with Gasteiger partial charge in [0, 0.05) is 29.5 Å². The van der Waals surface area contributed by atoms with Gasteiger partial charge in [-0.3, -0.25) is 0 Å². The van der Waals surface area contributed by atoms with Crippen molar-refractivity contribution in [3.8, 4) is 16.3 Å². The standard InChI is InChI=1S/C20H18F2N2O3S2/c1-2-27-15-6-3-13(4-7-15)20-23-17-9-10-24(12-18(17)28-20)29(25,26)19-8-5-14(21)11-16(19)22/h3-8,11H,2,9-10,12H2,1H3. The van der Waals surface area contributed by atoms with Crippen molar-refractivity contribution in [2.45, 2.75) is 24.8 Å². The van der Waals surface area contributed by atoms with Crippen molar-refractivity contribution in [1.82, 2.24) is 9.29 Å². The van der Waals surface area contributed by atoms with Gasteiger partial charge in [-0.05, 0) is 43.3 Å². The van der Waals surface area contributed by atoms with Crippen LogP contribution in [0.15, 0.2) is 47.4 Å². The van der Waals surface area contributed by atoms with Crippen molar-refractivity contribution in [3.63, 3.8) is 0 Å². The summed E-state index contributed by atoms with van der Waals surface area (Å²) >= 11 is 1.42. The summed E-state index contributed by atoms with van der Waals surface area (Å²) < 4.78 is 59.5. The first-order valence-corrected chi connectivity index (χ1v) is 11.3. The molecular weight excluding hydrogens is 418 g/mol. The zero-order chi connectivity index (χ0) is 20.6. The molecule has 0 spiro atoms. The minimum absolute atomic E-state index is 0.114. The fourth-order valence-corrected chi connectivity index (χ4v) is 5.85. The average molecular weight is 437 g/mol. The summed E-state index contributed by atoms with van der Waals surface area (Å²) in [6.45, 7) is 2.81. The highest BCUT2D eigenvalue weighted by atomic mass is 32.2. The van der Waals surface area contributed by atoms with Gasteiger partial charge in [0.05, 0.1) is 18.8 Å². The van der Waals surface area contributed by atoms with E-state index in [0.29, 0.717) is 19.1 Å². The normalized spacial score (nSPS) is 14.6. The molecule has 3 aromatic rings. The van der Waals surface area contributed by atoms with Crippen LogP contribution in [-0.2, 0) is 23.0 Å². The molecule has 1 aliphatic rings. The van der Waals surface area contributed by atoms with Gasteiger partial charge in [-0.2, -0.15) is 4.31 Å². The maximum absolute atomic E-state index is 14.0. The van der Waals surface area contributed by atoms with Gasteiger partial charge >= 0.3 is 0 Å². The summed E-state index contributed by atoms with van der Waals surface area (Å²) in [6.07, 6.45) is 0.435. The number of hydrogen-bond acceptors (Lipinski definition) is 5. The SMILES string of the molecule is CCOc1ccc(-c2nc3c(s2)CN(S(=O)(=O)c2ccc(F)cc2F)CC3)cc1. The molecule has 2 aromatic carbocycles. The molecule has 0 unspecified atom stereocenters. The molecule has 4 rings (SSSR count). The van der Waals surface area contributed by atoms with Crippen LogP contribution in [-0.4, -0.2) is 30.9 Å². The van der Waals surface area contributed by atoms with Gasteiger partial charge in [-0.25, -0.2) is 22.2 Å². The van der Waals surface area contributed by atoms with Crippen molar-refractivity contribution < 1.29 is 21.9 Å². The Kier molecular flexibility index (Phi) is 5.37. The molecule has 0 amide bonds. The Morgan fingerprint density at radius 3 is 2.62 bits per heavy atom. The number of nitrogens with zero attached hydrogens (tertiary/aromatic N) is 2. The van der Waals surface area contributed by atoms with E-state index in [1.807, 2.05) is 31.2 Å². The first-order valence-electron chi connectivity index (χ1n) is 9.05. The summed E-state index contributed by atoms with van der Waals surface area (Å²) in [7, 11) is -4.07. The van der Waals surface area contributed by atoms with Crippen LogP contribution in [0, 0.1) is 11.6 Å². The Labute approximate surface area is 171 Å². The predicted molar refractivity (Wildman–Crippen MR) is 106 cm³/mol. The van der Waals surface area contributed by atoms with Gasteiger partial charge < -0.3 is 4.74 Å². The van der Waals surface area contributed by atoms with Crippen molar-refractivity contribution in [2.24, 2.45) is 0 Å². The van der Waals surface area contributed by atoms with Crippen LogP contribution in [0.3, 0.4) is 0 Å². The molecule has 0 bridgehead atoms. The van der Waals surface area contributed by atoms with E-state index in [1.165, 1.54) is 15.6 Å². The monoisotopic (exact) mass is 436 g/mol. The van der Waals surface area contributed by atoms with Gasteiger partial charge in [0.2, 0.25) is 10.0 Å². The minimum atomic E-state index is -4.07. The molecule has 0 saturated heterocycles. The van der Waals surface area contributed by atoms with Crippen LogP contribution in [0.5, 0.6) is 5.75 Å². The lowest BCUT2D eigenvalue weighted by Crippen LogP contribution is -2.36. The molecular formula is C20H18F2N2O3S2. The molecule has 2 heterocycles. The molecule has 1 aliphatic heterocycles. The molecule has 152 valence electrons. The number of benzene rings is 2. The molecule has 0 N–H and O–H groups in total. The molecule has 0 aliphatic carbocycles. The van der Waals surface area contributed by atoms with Crippen LogP contribution in [0.1, 0.15) is 17.5 Å². The van der Waals surface area contributed by atoms with E-state index in [-0.39, 0.29) is 13.1 Å². The van der Waals surface area contributed by atoms with E-state index in [2.05, 4.69) is 4.98 Å². The van der Waals surface area contributed by atoms with E-state index in [0.717, 1.165) is 39.0 Å². The second kappa shape index (κ2) is 7.81. The number of ether oxygens (including phenoxy) is 1. The lowest BCUT2D eigenvalue weighted by molar-refractivity contribution is 0.340. The molecule has 9 heteroatoms. The van der Waals surface area contributed by atoms with Gasteiger partial charge in [-0.1, -0.05) is 0 Å². The topological polar surface area (TPSA) is 59.5 Å². The number of fused-ring (bicyclic) bond motifs is 1. The highest BCUT2D eigenvalue weighted by Crippen LogP contribution is 2.34. The van der Waals surface area contributed by atoms with E-state index < -0.39 is 26.6 Å². The van der Waals surface area contributed by atoms with Crippen LogP contribution >= 0.6 is 11.3 Å². The summed E-state index contributed by atoms with van der Waals surface area (Å²) in [5, 5.41) is 0.797. The van der Waals surface area contributed by atoms with Crippen LogP contribution in [0.2, 0.25) is 0 Å². The van der Waals surface area contributed by atoms with E-state index in [4.69, 9.17) is 4.74 Å².